The molecule has 0 bridgehead atoms. The summed E-state index contributed by atoms with van der Waals surface area (Å²) in [5.74, 6) is -0.608. The number of nitrogens with zero attached hydrogens (tertiary/aromatic N) is 3. The Kier molecular flexibility index (Phi) is 10.0. The normalized spacial score (nSPS) is 13.3. The van der Waals surface area contributed by atoms with Crippen molar-refractivity contribution < 1.29 is 23.4 Å². The Balaban J connectivity index is 1.67. The highest BCUT2D eigenvalue weighted by Crippen LogP contribution is 2.48. The number of ether oxygens (including phenoxy) is 1. The van der Waals surface area contributed by atoms with E-state index in [0.717, 1.165) is 9.79 Å². The summed E-state index contributed by atoms with van der Waals surface area (Å²) in [5, 5.41) is 11.4. The number of pyridine rings is 1. The van der Waals surface area contributed by atoms with Crippen LogP contribution in [0.15, 0.2) is 101 Å². The Morgan fingerprint density at radius 3 is 2.49 bits per heavy atom. The zero-order valence-corrected chi connectivity index (χ0v) is 27.0. The lowest BCUT2D eigenvalue weighted by molar-refractivity contribution is -0.142. The zero-order chi connectivity index (χ0) is 32.0. The van der Waals surface area contributed by atoms with E-state index in [1.807, 2.05) is 48.5 Å². The molecule has 0 spiro atoms. The predicted octanol–water partition coefficient (Wildman–Crippen LogP) is 6.95. The van der Waals surface area contributed by atoms with Gasteiger partial charge in [0.2, 0.25) is 0 Å². The van der Waals surface area contributed by atoms with Crippen LogP contribution < -0.4 is 14.9 Å². The number of hydrogen-bond acceptors (Lipinski definition) is 8. The van der Waals surface area contributed by atoms with Gasteiger partial charge < -0.3 is 14.6 Å². The van der Waals surface area contributed by atoms with E-state index in [0.29, 0.717) is 32.9 Å². The molecule has 0 saturated carbocycles. The molecule has 0 radical (unpaired) electrons. The Bertz CT molecular complexity index is 1920. The van der Waals surface area contributed by atoms with Crippen molar-refractivity contribution in [2.45, 2.75) is 22.8 Å². The summed E-state index contributed by atoms with van der Waals surface area (Å²) in [5.41, 5.74) is 2.17. The van der Waals surface area contributed by atoms with E-state index in [1.165, 1.54) is 30.2 Å². The number of methoxy groups -OCH3 is 1. The van der Waals surface area contributed by atoms with Crippen molar-refractivity contribution in [3.8, 4) is 5.75 Å². The van der Waals surface area contributed by atoms with Crippen molar-refractivity contribution >= 4 is 66.0 Å². The van der Waals surface area contributed by atoms with Crippen LogP contribution in [0, 0.1) is 0 Å². The summed E-state index contributed by atoms with van der Waals surface area (Å²) in [7, 11) is -1.37. The molecular weight excluding hydrogens is 633 g/mol. The first-order valence-electron chi connectivity index (χ1n) is 13.7. The SMILES string of the molecule is CNC(=O)c1ccccc1Sc1ccc2c(/C=C/c3ccccn3)nn(P(=O)(NC(C)C(=O)OC)Oc3ccc(Cl)cc3)c2c1. The zero-order valence-electron chi connectivity index (χ0n) is 24.5. The molecule has 5 aromatic rings. The molecular formula is C32H29ClN5O5PS. The van der Waals surface area contributed by atoms with Gasteiger partial charge in [0, 0.05) is 33.4 Å². The van der Waals surface area contributed by atoms with Crippen molar-refractivity contribution in [1.82, 2.24) is 24.9 Å². The Hall–Kier alpha value is -4.41. The maximum Gasteiger partial charge on any atom is 0.440 e. The second kappa shape index (κ2) is 14.1. The van der Waals surface area contributed by atoms with Crippen LogP contribution in [0.25, 0.3) is 23.1 Å². The Morgan fingerprint density at radius 2 is 1.78 bits per heavy atom. The van der Waals surface area contributed by atoms with Gasteiger partial charge in [-0.05, 0) is 85.8 Å². The third-order valence-electron chi connectivity index (χ3n) is 6.55. The number of halogens is 1. The van der Waals surface area contributed by atoms with Crippen molar-refractivity contribution in [2.75, 3.05) is 14.2 Å². The summed E-state index contributed by atoms with van der Waals surface area (Å²) in [4.78, 5) is 30.8. The molecule has 1 amide bonds. The maximum atomic E-state index is 14.9. The minimum Gasteiger partial charge on any atom is -0.468 e. The van der Waals surface area contributed by atoms with E-state index in [-0.39, 0.29) is 11.7 Å². The fourth-order valence-electron chi connectivity index (χ4n) is 4.37. The van der Waals surface area contributed by atoms with Crippen LogP contribution in [0.5, 0.6) is 5.75 Å². The minimum absolute atomic E-state index is 0.215. The lowest BCUT2D eigenvalue weighted by Gasteiger charge is -2.23. The van der Waals surface area contributed by atoms with Crippen LogP contribution in [0.2, 0.25) is 5.02 Å². The number of nitrogens with one attached hydrogen (secondary N) is 2. The summed E-state index contributed by atoms with van der Waals surface area (Å²) in [6.45, 7) is 1.52. The van der Waals surface area contributed by atoms with Gasteiger partial charge in [-0.3, -0.25) is 14.6 Å². The second-order valence-corrected chi connectivity index (χ2v) is 13.1. The van der Waals surface area contributed by atoms with Crippen LogP contribution in [0.1, 0.15) is 28.7 Å². The number of aromatic nitrogens is 3. The molecule has 0 aliphatic heterocycles. The molecule has 2 atom stereocenters. The number of benzene rings is 3. The number of hydrogen-bond donors (Lipinski definition) is 2. The van der Waals surface area contributed by atoms with Gasteiger partial charge in [0.15, 0.2) is 0 Å². The Labute approximate surface area is 269 Å². The van der Waals surface area contributed by atoms with Crippen LogP contribution in [-0.2, 0) is 14.1 Å². The second-order valence-electron chi connectivity index (χ2n) is 9.66. The van der Waals surface area contributed by atoms with E-state index in [1.54, 1.807) is 61.8 Å². The third-order valence-corrected chi connectivity index (χ3v) is 9.85. The van der Waals surface area contributed by atoms with Gasteiger partial charge in [-0.25, -0.2) is 9.65 Å². The molecule has 0 aliphatic rings. The van der Waals surface area contributed by atoms with Gasteiger partial charge in [-0.15, -0.1) is 0 Å². The molecule has 0 saturated heterocycles. The van der Waals surface area contributed by atoms with Crippen LogP contribution in [-0.4, -0.2) is 46.6 Å². The topological polar surface area (TPSA) is 124 Å². The van der Waals surface area contributed by atoms with Gasteiger partial charge in [-0.2, -0.15) is 9.55 Å². The molecule has 230 valence electrons. The van der Waals surface area contributed by atoms with Gasteiger partial charge in [0.05, 0.1) is 29.6 Å². The van der Waals surface area contributed by atoms with Gasteiger partial charge in [0.1, 0.15) is 11.8 Å². The highest BCUT2D eigenvalue weighted by Gasteiger charge is 2.35. The van der Waals surface area contributed by atoms with E-state index in [2.05, 4.69) is 15.4 Å². The van der Waals surface area contributed by atoms with Crippen LogP contribution in [0.3, 0.4) is 0 Å². The van der Waals surface area contributed by atoms with E-state index >= 15 is 0 Å². The molecule has 2 aromatic heterocycles. The first kappa shape index (κ1) is 32.0. The monoisotopic (exact) mass is 661 g/mol. The molecule has 3 aromatic carbocycles. The fourth-order valence-corrected chi connectivity index (χ4v) is 7.38. The maximum absolute atomic E-state index is 14.9. The standard InChI is InChI=1S/C32H29ClN5O5PS/c1-21(32(40)42-3)37-44(41,43-24-14-11-22(33)12-15-24)38-29-20-25(45-30-10-5-4-9-27(30)31(39)34-2)16-17-26(29)28(36-38)18-13-23-8-6-7-19-35-23/h4-21H,1-3H3,(H,34,39)(H,37,41)/b18-13+. The van der Waals surface area contributed by atoms with Crippen molar-refractivity contribution in [2.24, 2.45) is 0 Å². The van der Waals surface area contributed by atoms with E-state index < -0.39 is 19.7 Å². The molecule has 10 nitrogen and oxygen atoms in total. The number of rotatable bonds is 11. The lowest BCUT2D eigenvalue weighted by Crippen LogP contribution is -2.36. The number of carbonyl (C=O) groups excluding carboxylic acids is 2. The summed E-state index contributed by atoms with van der Waals surface area (Å²) >= 11 is 7.45. The average molecular weight is 662 g/mol. The van der Waals surface area contributed by atoms with Gasteiger partial charge in [-0.1, -0.05) is 41.6 Å². The van der Waals surface area contributed by atoms with Gasteiger partial charge >= 0.3 is 13.6 Å². The van der Waals surface area contributed by atoms with E-state index in [4.69, 9.17) is 26.0 Å². The predicted molar refractivity (Wildman–Crippen MR) is 177 cm³/mol. The van der Waals surface area contributed by atoms with Gasteiger partial charge in [0.25, 0.3) is 5.91 Å². The molecule has 13 heteroatoms. The minimum atomic E-state index is -4.20. The molecule has 2 unspecified atom stereocenters. The number of fused-ring (bicyclic) bond motifs is 1. The third kappa shape index (κ3) is 7.46. The number of carbonyl (C=O) groups is 2. The molecule has 5 rings (SSSR count). The largest absolute Gasteiger partial charge is 0.468 e. The fraction of sp³-hybridized carbons (Fsp3) is 0.125. The van der Waals surface area contributed by atoms with Crippen molar-refractivity contribution in [3.63, 3.8) is 0 Å². The molecule has 0 aliphatic carbocycles. The number of amides is 1. The molecule has 45 heavy (non-hydrogen) atoms. The average Bonchev–Trinajstić information content (AvgIpc) is 3.43. The van der Waals surface area contributed by atoms with E-state index in [9.17, 15) is 14.2 Å². The van der Waals surface area contributed by atoms with Crippen LogP contribution >= 0.6 is 31.0 Å². The number of esters is 1. The first-order valence-corrected chi connectivity index (χ1v) is 16.5. The smallest absolute Gasteiger partial charge is 0.440 e. The molecule has 0 fully saturated rings. The summed E-state index contributed by atoms with van der Waals surface area (Å²) < 4.78 is 27.1. The highest BCUT2D eigenvalue weighted by molar-refractivity contribution is 7.99. The lowest BCUT2D eigenvalue weighted by atomic mass is 10.2. The summed E-state index contributed by atoms with van der Waals surface area (Å²) in [6, 6.07) is 23.7. The van der Waals surface area contributed by atoms with Crippen LogP contribution in [0.4, 0.5) is 0 Å². The molecule has 2 N–H and O–H groups in total. The summed E-state index contributed by atoms with van der Waals surface area (Å²) in [6.07, 6.45) is 5.25. The Morgan fingerprint density at radius 1 is 1.02 bits per heavy atom. The van der Waals surface area contributed by atoms with Crippen molar-refractivity contribution in [3.05, 3.63) is 113 Å². The quantitative estimate of drug-likeness (QED) is 0.114. The van der Waals surface area contributed by atoms with Crippen molar-refractivity contribution in [1.29, 1.82) is 0 Å². The molecule has 2 heterocycles. The first-order chi connectivity index (χ1) is 21.7. The highest BCUT2D eigenvalue weighted by atomic mass is 35.5.